The third-order valence-electron chi connectivity index (χ3n) is 2.78. The molecule has 1 aliphatic rings. The molecule has 1 aliphatic heterocycles. The fourth-order valence-electron chi connectivity index (χ4n) is 2.02. The van der Waals surface area contributed by atoms with Crippen molar-refractivity contribution in [1.29, 1.82) is 0 Å². The van der Waals surface area contributed by atoms with Gasteiger partial charge in [-0.25, -0.2) is 8.78 Å². The van der Waals surface area contributed by atoms with E-state index in [1.54, 1.807) is 0 Å². The first-order chi connectivity index (χ1) is 7.22. The van der Waals surface area contributed by atoms with Gasteiger partial charge < -0.3 is 10.1 Å². The molecule has 0 unspecified atom stereocenters. The van der Waals surface area contributed by atoms with Crippen LogP contribution in [0.25, 0.3) is 0 Å². The number of carbonyl (C=O) groups excluding carboxylic acids is 1. The van der Waals surface area contributed by atoms with Crippen molar-refractivity contribution in [2.45, 2.75) is 18.4 Å². The second-order valence-electron chi connectivity index (χ2n) is 3.68. The molecular weight excluding hydrogens is 200 g/mol. The molecule has 2 nitrogen and oxygen atoms in total. The van der Waals surface area contributed by atoms with E-state index in [0.717, 1.165) is 12.4 Å². The number of carbonyl (C=O) groups is 1. The lowest BCUT2D eigenvalue weighted by Gasteiger charge is -2.14. The summed E-state index contributed by atoms with van der Waals surface area (Å²) in [4.78, 5) is 10.7. The maximum absolute atomic E-state index is 13.4. The van der Waals surface area contributed by atoms with Crippen LogP contribution in [0.15, 0.2) is 18.2 Å². The first-order valence-corrected chi connectivity index (χ1v) is 4.86. The third kappa shape index (κ3) is 1.90. The Balaban J connectivity index is 2.32. The first-order valence-electron chi connectivity index (χ1n) is 4.86. The van der Waals surface area contributed by atoms with Crippen molar-refractivity contribution in [3.8, 4) is 0 Å². The summed E-state index contributed by atoms with van der Waals surface area (Å²) in [7, 11) is 0. The van der Waals surface area contributed by atoms with Gasteiger partial charge in [0.25, 0.3) is 0 Å². The molecule has 1 aromatic carbocycles. The van der Waals surface area contributed by atoms with Crippen LogP contribution in [0.2, 0.25) is 0 Å². The van der Waals surface area contributed by atoms with Gasteiger partial charge in [0.05, 0.1) is 6.04 Å². The van der Waals surface area contributed by atoms with E-state index in [2.05, 4.69) is 5.32 Å². The Bertz CT molecular complexity index is 381. The average molecular weight is 211 g/mol. The molecule has 1 N–H and O–H groups in total. The molecule has 2 rings (SSSR count). The summed E-state index contributed by atoms with van der Waals surface area (Å²) < 4.78 is 26.1. The first kappa shape index (κ1) is 10.2. The Morgan fingerprint density at radius 3 is 2.87 bits per heavy atom. The zero-order valence-corrected chi connectivity index (χ0v) is 8.04. The number of benzene rings is 1. The van der Waals surface area contributed by atoms with Crippen LogP contribution in [-0.2, 0) is 4.79 Å². The van der Waals surface area contributed by atoms with Crippen LogP contribution in [0.1, 0.15) is 17.9 Å². The molecule has 0 aliphatic carbocycles. The largest absolute Gasteiger partial charge is 0.307 e. The minimum Gasteiger partial charge on any atom is -0.307 e. The highest BCUT2D eigenvalue weighted by molar-refractivity contribution is 5.61. The highest BCUT2D eigenvalue weighted by Gasteiger charge is 2.29. The molecule has 0 saturated carbocycles. The molecule has 1 heterocycles. The molecule has 1 aromatic rings. The summed E-state index contributed by atoms with van der Waals surface area (Å²) >= 11 is 0. The Morgan fingerprint density at radius 2 is 2.20 bits per heavy atom. The van der Waals surface area contributed by atoms with Gasteiger partial charge in [-0.2, -0.15) is 0 Å². The summed E-state index contributed by atoms with van der Waals surface area (Å²) in [5.41, 5.74) is 0.415. The van der Waals surface area contributed by atoms with E-state index >= 15 is 0 Å². The fourth-order valence-corrected chi connectivity index (χ4v) is 2.02. The van der Waals surface area contributed by atoms with Crippen LogP contribution in [0.4, 0.5) is 8.78 Å². The molecule has 0 radical (unpaired) electrons. The van der Waals surface area contributed by atoms with Crippen molar-refractivity contribution in [2.24, 2.45) is 0 Å². The van der Waals surface area contributed by atoms with E-state index in [9.17, 15) is 13.6 Å². The number of aldehydes is 1. The Kier molecular flexibility index (Phi) is 2.77. The minimum absolute atomic E-state index is 0.178. The molecular formula is C11H11F2NO. The maximum Gasteiger partial charge on any atom is 0.137 e. The van der Waals surface area contributed by atoms with Gasteiger partial charge in [0.15, 0.2) is 0 Å². The summed E-state index contributed by atoms with van der Waals surface area (Å²) in [5.74, 6) is -1.34. The monoisotopic (exact) mass is 211 g/mol. The van der Waals surface area contributed by atoms with Crippen LogP contribution < -0.4 is 5.32 Å². The normalized spacial score (nSPS) is 25.5. The molecule has 4 heteroatoms. The van der Waals surface area contributed by atoms with Crippen LogP contribution in [-0.4, -0.2) is 18.9 Å². The van der Waals surface area contributed by atoms with Gasteiger partial charge in [-0.15, -0.1) is 0 Å². The van der Waals surface area contributed by atoms with Crippen molar-refractivity contribution in [3.05, 3.63) is 35.4 Å². The lowest BCUT2D eigenvalue weighted by atomic mass is 9.92. The quantitative estimate of drug-likeness (QED) is 0.753. The number of rotatable bonds is 2. The summed E-state index contributed by atoms with van der Waals surface area (Å²) in [6, 6.07) is 3.14. The molecule has 2 atom stereocenters. The van der Waals surface area contributed by atoms with E-state index in [1.807, 2.05) is 0 Å². The number of nitrogens with one attached hydrogen (secondary N) is 1. The topological polar surface area (TPSA) is 29.1 Å². The highest BCUT2D eigenvalue weighted by atomic mass is 19.1. The van der Waals surface area contributed by atoms with Crippen molar-refractivity contribution in [2.75, 3.05) is 6.54 Å². The highest BCUT2D eigenvalue weighted by Crippen LogP contribution is 2.29. The number of hydrogen-bond donors (Lipinski definition) is 1. The lowest BCUT2D eigenvalue weighted by molar-refractivity contribution is -0.109. The van der Waals surface area contributed by atoms with Crippen LogP contribution in [0, 0.1) is 11.6 Å². The zero-order chi connectivity index (χ0) is 10.8. The third-order valence-corrected chi connectivity index (χ3v) is 2.78. The SMILES string of the molecule is O=C[C@H]1NCC[C@@H]1c1ccc(F)cc1F. The molecule has 0 amide bonds. The van der Waals surface area contributed by atoms with E-state index < -0.39 is 11.6 Å². The maximum atomic E-state index is 13.4. The lowest BCUT2D eigenvalue weighted by Crippen LogP contribution is -2.27. The van der Waals surface area contributed by atoms with Crippen molar-refractivity contribution in [3.63, 3.8) is 0 Å². The molecule has 0 spiro atoms. The van der Waals surface area contributed by atoms with E-state index in [-0.39, 0.29) is 12.0 Å². The Hall–Kier alpha value is -1.29. The van der Waals surface area contributed by atoms with Crippen LogP contribution in [0.3, 0.4) is 0 Å². The molecule has 1 fully saturated rings. The van der Waals surface area contributed by atoms with Gasteiger partial charge in [0.1, 0.15) is 17.9 Å². The van der Waals surface area contributed by atoms with Crippen LogP contribution >= 0.6 is 0 Å². The van der Waals surface area contributed by atoms with Gasteiger partial charge >= 0.3 is 0 Å². The van der Waals surface area contributed by atoms with Crippen molar-refractivity contribution < 1.29 is 13.6 Å². The molecule has 1 saturated heterocycles. The summed E-state index contributed by atoms with van der Waals surface area (Å²) in [6.07, 6.45) is 1.48. The second-order valence-corrected chi connectivity index (χ2v) is 3.68. The van der Waals surface area contributed by atoms with Gasteiger partial charge in [-0.05, 0) is 24.6 Å². The van der Waals surface area contributed by atoms with Gasteiger partial charge in [0, 0.05) is 12.0 Å². The molecule has 0 bridgehead atoms. The summed E-state index contributed by atoms with van der Waals surface area (Å²) in [5, 5.41) is 2.97. The Labute approximate surface area is 86.3 Å². The number of hydrogen-bond acceptors (Lipinski definition) is 2. The fraction of sp³-hybridized carbons (Fsp3) is 0.364. The molecule has 15 heavy (non-hydrogen) atoms. The molecule has 80 valence electrons. The standard InChI is InChI=1S/C11H11F2NO/c12-7-1-2-8(10(13)5-7)9-3-4-14-11(9)6-15/h1-2,5-6,9,11,14H,3-4H2/t9-,11-/m1/s1. The zero-order valence-electron chi connectivity index (χ0n) is 8.04. The second kappa shape index (κ2) is 4.06. The Morgan fingerprint density at radius 1 is 1.40 bits per heavy atom. The van der Waals surface area contributed by atoms with E-state index in [4.69, 9.17) is 0 Å². The van der Waals surface area contributed by atoms with E-state index in [0.29, 0.717) is 18.5 Å². The number of halogens is 2. The molecule has 0 aromatic heterocycles. The van der Waals surface area contributed by atoms with Gasteiger partial charge in [-0.3, -0.25) is 0 Å². The predicted molar refractivity (Wildman–Crippen MR) is 51.6 cm³/mol. The van der Waals surface area contributed by atoms with Gasteiger partial charge in [-0.1, -0.05) is 6.07 Å². The summed E-state index contributed by atoms with van der Waals surface area (Å²) in [6.45, 7) is 0.685. The van der Waals surface area contributed by atoms with E-state index in [1.165, 1.54) is 12.1 Å². The van der Waals surface area contributed by atoms with Crippen LogP contribution in [0.5, 0.6) is 0 Å². The average Bonchev–Trinajstić information content (AvgIpc) is 2.65. The van der Waals surface area contributed by atoms with Crippen molar-refractivity contribution in [1.82, 2.24) is 5.32 Å². The van der Waals surface area contributed by atoms with Crippen molar-refractivity contribution >= 4 is 6.29 Å². The minimum atomic E-state index is -0.593. The predicted octanol–water partition coefficient (Wildman–Crippen LogP) is 1.61. The smallest absolute Gasteiger partial charge is 0.137 e. The van der Waals surface area contributed by atoms with Gasteiger partial charge in [0.2, 0.25) is 0 Å².